The number of halogens is 1. The molecule has 1 atom stereocenters. The number of benzene rings is 3. The number of aryl methyl sites for hydroxylation is 1. The van der Waals surface area contributed by atoms with Gasteiger partial charge in [0.15, 0.2) is 0 Å². The number of hydrogen-bond acceptors (Lipinski definition) is 3. The molecule has 1 N–H and O–H groups in total. The van der Waals surface area contributed by atoms with Crippen LogP contribution in [0, 0.1) is 5.82 Å². The molecule has 4 rings (SSSR count). The summed E-state index contributed by atoms with van der Waals surface area (Å²) in [5.74, 6) is 1.78. The van der Waals surface area contributed by atoms with Crippen molar-refractivity contribution in [2.45, 2.75) is 45.6 Å². The van der Waals surface area contributed by atoms with Crippen LogP contribution in [-0.2, 0) is 13.0 Å². The lowest BCUT2D eigenvalue weighted by molar-refractivity contribution is 0.0954. The molecule has 5 nitrogen and oxygen atoms in total. The number of carbonyl (C=O) groups excluding carboxylic acids is 1. The van der Waals surface area contributed by atoms with Gasteiger partial charge in [0, 0.05) is 25.1 Å². The Labute approximate surface area is 206 Å². The second kappa shape index (κ2) is 11.6. The monoisotopic (exact) mass is 473 g/mol. The van der Waals surface area contributed by atoms with Gasteiger partial charge in [0.2, 0.25) is 0 Å². The van der Waals surface area contributed by atoms with E-state index in [1.807, 2.05) is 30.3 Å². The summed E-state index contributed by atoms with van der Waals surface area (Å²) in [7, 11) is 0. The van der Waals surface area contributed by atoms with E-state index in [0.717, 1.165) is 42.0 Å². The highest BCUT2D eigenvalue weighted by Crippen LogP contribution is 2.22. The lowest BCUT2D eigenvalue weighted by atomic mass is 9.99. The molecule has 0 aliphatic rings. The topological polar surface area (TPSA) is 56.1 Å². The predicted octanol–water partition coefficient (Wildman–Crippen LogP) is 6.13. The Bertz CT molecular complexity index is 1250. The molecule has 0 aliphatic heterocycles. The Balaban J connectivity index is 1.34. The van der Waals surface area contributed by atoms with Gasteiger partial charge in [-0.25, -0.2) is 9.37 Å². The fourth-order valence-corrected chi connectivity index (χ4v) is 4.10. The van der Waals surface area contributed by atoms with Crippen LogP contribution in [0.15, 0.2) is 72.8 Å². The van der Waals surface area contributed by atoms with E-state index in [-0.39, 0.29) is 11.7 Å². The fraction of sp³-hybridized carbons (Fsp3) is 0.310. The number of fused-ring (bicyclic) bond motifs is 1. The molecule has 0 saturated carbocycles. The summed E-state index contributed by atoms with van der Waals surface area (Å²) >= 11 is 0. The molecule has 35 heavy (non-hydrogen) atoms. The molecule has 3 aromatic carbocycles. The van der Waals surface area contributed by atoms with Gasteiger partial charge in [-0.1, -0.05) is 38.1 Å². The molecular formula is C29H32FN3O2. The van der Waals surface area contributed by atoms with Gasteiger partial charge in [0.05, 0.1) is 17.6 Å². The third-order valence-electron chi connectivity index (χ3n) is 6.33. The first-order chi connectivity index (χ1) is 17.0. The van der Waals surface area contributed by atoms with E-state index in [1.165, 1.54) is 29.8 Å². The molecule has 182 valence electrons. The van der Waals surface area contributed by atoms with Crippen LogP contribution >= 0.6 is 0 Å². The number of nitrogens with one attached hydrogen (secondary N) is 1. The number of hydrogen-bond donors (Lipinski definition) is 1. The number of rotatable bonds is 11. The number of ether oxygens (including phenoxy) is 1. The van der Waals surface area contributed by atoms with Gasteiger partial charge in [-0.2, -0.15) is 0 Å². The summed E-state index contributed by atoms with van der Waals surface area (Å²) in [6.45, 7) is 6.25. The highest BCUT2D eigenvalue weighted by molar-refractivity contribution is 5.94. The molecule has 6 heteroatoms. The molecule has 0 spiro atoms. The average Bonchev–Trinajstić information content (AvgIpc) is 3.24. The molecule has 1 unspecified atom stereocenters. The Morgan fingerprint density at radius 2 is 1.80 bits per heavy atom. The first kappa shape index (κ1) is 24.5. The van der Waals surface area contributed by atoms with Crippen LogP contribution in [0.2, 0.25) is 0 Å². The molecule has 1 aromatic heterocycles. The minimum atomic E-state index is -0.359. The van der Waals surface area contributed by atoms with Crippen molar-refractivity contribution in [3.05, 3.63) is 95.6 Å². The van der Waals surface area contributed by atoms with Gasteiger partial charge in [-0.05, 0) is 72.9 Å². The van der Waals surface area contributed by atoms with Gasteiger partial charge in [0.25, 0.3) is 5.91 Å². The number of amides is 1. The lowest BCUT2D eigenvalue weighted by Crippen LogP contribution is -2.26. The molecule has 1 amide bonds. The SMILES string of the molecule is CCC(C)c1ccc(OCCCn2c(CCNC(=O)c3ccc(F)cc3)nc3ccccc32)cc1. The summed E-state index contributed by atoms with van der Waals surface area (Å²) < 4.78 is 21.3. The van der Waals surface area contributed by atoms with Crippen LogP contribution in [0.4, 0.5) is 4.39 Å². The van der Waals surface area contributed by atoms with E-state index in [1.54, 1.807) is 0 Å². The van der Waals surface area contributed by atoms with Crippen molar-refractivity contribution in [3.63, 3.8) is 0 Å². The van der Waals surface area contributed by atoms with E-state index in [9.17, 15) is 9.18 Å². The maximum Gasteiger partial charge on any atom is 0.251 e. The van der Waals surface area contributed by atoms with Crippen molar-refractivity contribution in [2.75, 3.05) is 13.2 Å². The molecule has 0 fully saturated rings. The number of carbonyl (C=O) groups is 1. The molecule has 0 saturated heterocycles. The fourth-order valence-electron chi connectivity index (χ4n) is 4.10. The standard InChI is InChI=1S/C29H32FN3O2/c1-3-21(2)22-11-15-25(16-12-22)35-20-6-19-33-27-8-5-4-7-26(27)32-28(33)17-18-31-29(34)23-9-13-24(30)14-10-23/h4-5,7-16,21H,3,6,17-20H2,1-2H3,(H,31,34). The Hall–Kier alpha value is -3.67. The maximum atomic E-state index is 13.1. The first-order valence-electron chi connectivity index (χ1n) is 12.3. The van der Waals surface area contributed by atoms with Gasteiger partial charge in [-0.15, -0.1) is 0 Å². The van der Waals surface area contributed by atoms with Gasteiger partial charge in [0.1, 0.15) is 17.4 Å². The Morgan fingerprint density at radius 3 is 2.54 bits per heavy atom. The quantitative estimate of drug-likeness (QED) is 0.267. The van der Waals surface area contributed by atoms with Crippen molar-refractivity contribution in [1.82, 2.24) is 14.9 Å². The lowest BCUT2D eigenvalue weighted by Gasteiger charge is -2.12. The number of imidazole rings is 1. The molecule has 1 heterocycles. The molecular weight excluding hydrogens is 441 g/mol. The van der Waals surface area contributed by atoms with Crippen LogP contribution in [0.3, 0.4) is 0 Å². The third-order valence-corrected chi connectivity index (χ3v) is 6.33. The third kappa shape index (κ3) is 6.27. The zero-order chi connectivity index (χ0) is 24.6. The summed E-state index contributed by atoms with van der Waals surface area (Å²) in [5.41, 5.74) is 3.79. The van der Waals surface area contributed by atoms with Gasteiger partial charge in [-0.3, -0.25) is 4.79 Å². The summed E-state index contributed by atoms with van der Waals surface area (Å²) in [5, 5.41) is 2.90. The smallest absolute Gasteiger partial charge is 0.251 e. The van der Waals surface area contributed by atoms with Crippen molar-refractivity contribution in [2.24, 2.45) is 0 Å². The summed E-state index contributed by atoms with van der Waals surface area (Å²) in [4.78, 5) is 17.1. The highest BCUT2D eigenvalue weighted by atomic mass is 19.1. The van der Waals surface area contributed by atoms with Crippen LogP contribution in [0.1, 0.15) is 54.4 Å². The van der Waals surface area contributed by atoms with Crippen molar-refractivity contribution in [3.8, 4) is 5.75 Å². The largest absolute Gasteiger partial charge is 0.494 e. The van der Waals surface area contributed by atoms with Crippen LogP contribution in [0.25, 0.3) is 11.0 Å². The minimum Gasteiger partial charge on any atom is -0.494 e. The number of para-hydroxylation sites is 2. The van der Waals surface area contributed by atoms with E-state index in [0.29, 0.717) is 31.1 Å². The molecule has 0 aliphatic carbocycles. The van der Waals surface area contributed by atoms with E-state index >= 15 is 0 Å². The van der Waals surface area contributed by atoms with E-state index in [2.05, 4.69) is 41.9 Å². The first-order valence-corrected chi connectivity index (χ1v) is 12.3. The van der Waals surface area contributed by atoms with E-state index < -0.39 is 0 Å². The second-order valence-corrected chi connectivity index (χ2v) is 8.76. The average molecular weight is 474 g/mol. The number of nitrogens with zero attached hydrogens (tertiary/aromatic N) is 2. The zero-order valence-electron chi connectivity index (χ0n) is 20.3. The predicted molar refractivity (Wildman–Crippen MR) is 137 cm³/mol. The normalized spacial score (nSPS) is 12.0. The second-order valence-electron chi connectivity index (χ2n) is 8.76. The Kier molecular flexibility index (Phi) is 8.14. The molecule has 4 aromatic rings. The molecule has 0 radical (unpaired) electrons. The maximum absolute atomic E-state index is 13.1. The van der Waals surface area contributed by atoms with Crippen molar-refractivity contribution in [1.29, 1.82) is 0 Å². The van der Waals surface area contributed by atoms with Gasteiger partial charge >= 0.3 is 0 Å². The number of aromatic nitrogens is 2. The van der Waals surface area contributed by atoms with E-state index in [4.69, 9.17) is 9.72 Å². The van der Waals surface area contributed by atoms with Crippen molar-refractivity contribution >= 4 is 16.9 Å². The Morgan fingerprint density at radius 1 is 1.06 bits per heavy atom. The van der Waals surface area contributed by atoms with Gasteiger partial charge < -0.3 is 14.6 Å². The zero-order valence-corrected chi connectivity index (χ0v) is 20.3. The van der Waals surface area contributed by atoms with Crippen LogP contribution in [-0.4, -0.2) is 28.6 Å². The highest BCUT2D eigenvalue weighted by Gasteiger charge is 2.12. The summed E-state index contributed by atoms with van der Waals surface area (Å²) in [6, 6.07) is 22.0. The minimum absolute atomic E-state index is 0.222. The van der Waals surface area contributed by atoms with Crippen LogP contribution < -0.4 is 10.1 Å². The van der Waals surface area contributed by atoms with Crippen LogP contribution in [0.5, 0.6) is 5.75 Å². The summed E-state index contributed by atoms with van der Waals surface area (Å²) in [6.07, 6.45) is 2.55. The van der Waals surface area contributed by atoms with Crippen molar-refractivity contribution < 1.29 is 13.9 Å². The molecule has 0 bridgehead atoms.